The maximum absolute atomic E-state index is 10.9. The molecule has 8 nitrogen and oxygen atoms in total. The number of anilines is 1. The van der Waals surface area contributed by atoms with Gasteiger partial charge in [-0.3, -0.25) is 0 Å². The smallest absolute Gasteiger partial charge is 0.212 e. The number of guanidine groups is 1. The Labute approximate surface area is 169 Å². The summed E-state index contributed by atoms with van der Waals surface area (Å²) in [4.78, 5) is 3.81. The molecule has 2 aromatic rings. The minimum atomic E-state index is -0.967. The number of aliphatic imine (C=N–C) groups is 1. The van der Waals surface area contributed by atoms with Crippen molar-refractivity contribution in [2.75, 3.05) is 12.4 Å². The van der Waals surface area contributed by atoms with Crippen molar-refractivity contribution < 1.29 is 14.6 Å². The zero-order valence-electron chi connectivity index (χ0n) is 16.3. The van der Waals surface area contributed by atoms with Gasteiger partial charge in [0.25, 0.3) is 0 Å². The van der Waals surface area contributed by atoms with E-state index in [-0.39, 0.29) is 5.96 Å². The summed E-state index contributed by atoms with van der Waals surface area (Å²) in [6.07, 6.45) is 0.788. The summed E-state index contributed by atoms with van der Waals surface area (Å²) < 4.78 is 11.0. The molecule has 0 radical (unpaired) electrons. The van der Waals surface area contributed by atoms with Crippen LogP contribution >= 0.6 is 0 Å². The monoisotopic (exact) mass is 391 g/mol. The van der Waals surface area contributed by atoms with Gasteiger partial charge in [0.1, 0.15) is 23.2 Å². The molecule has 0 fully saturated rings. The zero-order valence-corrected chi connectivity index (χ0v) is 16.3. The summed E-state index contributed by atoms with van der Waals surface area (Å²) in [5.74, 6) is 1.41. The number of ether oxygens (including phenoxy) is 2. The number of hydrogen-bond acceptors (Lipinski definition) is 6. The minimum absolute atomic E-state index is 0.160. The van der Waals surface area contributed by atoms with Crippen molar-refractivity contribution in [3.8, 4) is 23.8 Å². The molecule has 3 rings (SSSR count). The lowest BCUT2D eigenvalue weighted by Crippen LogP contribution is -2.54. The van der Waals surface area contributed by atoms with Gasteiger partial charge in [-0.15, -0.1) is 4.99 Å². The average molecular weight is 391 g/mol. The van der Waals surface area contributed by atoms with Gasteiger partial charge >= 0.3 is 0 Å². The third-order valence-corrected chi connectivity index (χ3v) is 4.68. The Morgan fingerprint density at radius 1 is 1.21 bits per heavy atom. The molecule has 2 aromatic carbocycles. The Morgan fingerprint density at radius 3 is 2.55 bits per heavy atom. The molecule has 29 heavy (non-hydrogen) atoms. The van der Waals surface area contributed by atoms with Crippen molar-refractivity contribution in [3.05, 3.63) is 53.6 Å². The summed E-state index contributed by atoms with van der Waals surface area (Å²) in [6.45, 7) is 3.54. The van der Waals surface area contributed by atoms with E-state index in [4.69, 9.17) is 14.7 Å². The van der Waals surface area contributed by atoms with Crippen LogP contribution in [0.1, 0.15) is 31.0 Å². The molecule has 1 heterocycles. The average Bonchev–Trinajstić information content (AvgIpc) is 2.71. The van der Waals surface area contributed by atoms with Gasteiger partial charge in [-0.05, 0) is 56.3 Å². The summed E-state index contributed by atoms with van der Waals surface area (Å²) >= 11 is 0. The van der Waals surface area contributed by atoms with E-state index < -0.39 is 17.7 Å². The second-order valence-electron chi connectivity index (χ2n) is 7.05. The lowest BCUT2D eigenvalue weighted by Gasteiger charge is -2.42. The number of methoxy groups -OCH3 is 1. The van der Waals surface area contributed by atoms with E-state index in [9.17, 15) is 10.4 Å². The first kappa shape index (κ1) is 20.0. The minimum Gasteiger partial charge on any atom is -0.497 e. The molecule has 148 valence electrons. The van der Waals surface area contributed by atoms with Crippen molar-refractivity contribution >= 4 is 11.6 Å². The molecule has 0 aromatic heterocycles. The van der Waals surface area contributed by atoms with Crippen molar-refractivity contribution in [1.29, 1.82) is 10.5 Å². The summed E-state index contributed by atoms with van der Waals surface area (Å²) in [6, 6.07) is 13.5. The van der Waals surface area contributed by atoms with Gasteiger partial charge in [0.05, 0.1) is 24.8 Å². The number of fused-ring (bicyclic) bond motifs is 1. The maximum atomic E-state index is 10.9. The van der Waals surface area contributed by atoms with E-state index in [0.717, 1.165) is 0 Å². The fourth-order valence-electron chi connectivity index (χ4n) is 3.13. The zero-order chi connectivity index (χ0) is 21.0. The quantitative estimate of drug-likeness (QED) is 0.418. The van der Waals surface area contributed by atoms with Crippen molar-refractivity contribution in [2.24, 2.45) is 4.99 Å². The van der Waals surface area contributed by atoms with Gasteiger partial charge in [0.2, 0.25) is 12.2 Å². The number of aliphatic hydroxyl groups excluding tert-OH is 1. The van der Waals surface area contributed by atoms with Crippen LogP contribution < -0.4 is 20.1 Å². The van der Waals surface area contributed by atoms with Crippen molar-refractivity contribution in [3.63, 3.8) is 0 Å². The van der Waals surface area contributed by atoms with Crippen LogP contribution in [-0.2, 0) is 0 Å². The van der Waals surface area contributed by atoms with E-state index in [2.05, 4.69) is 21.7 Å². The highest BCUT2D eigenvalue weighted by atomic mass is 16.5. The van der Waals surface area contributed by atoms with Gasteiger partial charge < -0.3 is 25.2 Å². The van der Waals surface area contributed by atoms with E-state index in [1.165, 1.54) is 0 Å². The molecule has 0 spiro atoms. The lowest BCUT2D eigenvalue weighted by atomic mass is 9.86. The number of hydrogen-bond donors (Lipinski definition) is 3. The molecule has 0 saturated carbocycles. The highest BCUT2D eigenvalue weighted by Crippen LogP contribution is 2.40. The van der Waals surface area contributed by atoms with E-state index in [1.807, 2.05) is 0 Å². The second kappa shape index (κ2) is 8.09. The van der Waals surface area contributed by atoms with Crippen LogP contribution in [0.3, 0.4) is 0 Å². The summed E-state index contributed by atoms with van der Waals surface area (Å²) in [5, 5.41) is 35.4. The SMILES string of the molecule is COc1ccc(N/C(=N/C#N)NC2c3cc(C#N)ccc3OC(C)(C)C2O)cc1. The Balaban J connectivity index is 1.93. The number of rotatable bonds is 3. The van der Waals surface area contributed by atoms with Crippen LogP contribution in [0.5, 0.6) is 11.5 Å². The molecule has 2 unspecified atom stereocenters. The lowest BCUT2D eigenvalue weighted by molar-refractivity contribution is -0.0610. The van der Waals surface area contributed by atoms with Crippen molar-refractivity contribution in [1.82, 2.24) is 5.32 Å². The molecule has 0 bridgehead atoms. The normalized spacial score (nSPS) is 19.7. The predicted octanol–water partition coefficient (Wildman–Crippen LogP) is 2.68. The Kier molecular flexibility index (Phi) is 5.58. The molecule has 1 aliphatic heterocycles. The highest BCUT2D eigenvalue weighted by Gasteiger charge is 2.43. The number of nitriles is 2. The highest BCUT2D eigenvalue weighted by molar-refractivity contribution is 5.94. The molecule has 0 amide bonds. The maximum Gasteiger partial charge on any atom is 0.212 e. The Bertz CT molecular complexity index is 1000. The van der Waals surface area contributed by atoms with Crippen molar-refractivity contribution in [2.45, 2.75) is 31.6 Å². The summed E-state index contributed by atoms with van der Waals surface area (Å²) in [5.41, 5.74) is 0.835. The van der Waals surface area contributed by atoms with Gasteiger partial charge in [-0.1, -0.05) is 0 Å². The van der Waals surface area contributed by atoms with Crippen LogP contribution in [0, 0.1) is 22.8 Å². The fourth-order valence-corrected chi connectivity index (χ4v) is 3.13. The molecular formula is C21H21N5O3. The first-order valence-electron chi connectivity index (χ1n) is 8.93. The molecule has 0 aliphatic carbocycles. The van der Waals surface area contributed by atoms with Gasteiger partial charge in [0, 0.05) is 11.3 Å². The molecule has 2 atom stereocenters. The number of aliphatic hydroxyl groups is 1. The third kappa shape index (κ3) is 4.23. The van der Waals surface area contributed by atoms with Gasteiger partial charge in [-0.2, -0.15) is 10.5 Å². The first-order valence-corrected chi connectivity index (χ1v) is 8.93. The standard InChI is InChI=1S/C21H21N5O3/c1-21(2)19(27)18(16-10-13(11-22)4-9-17(16)29-21)26-20(24-12-23)25-14-5-7-15(28-3)8-6-14/h4-10,18-19,27H,1-3H3,(H2,24,25,26). The fraction of sp³-hybridized carbons (Fsp3) is 0.286. The number of benzene rings is 2. The molecule has 8 heteroatoms. The first-order chi connectivity index (χ1) is 13.9. The largest absolute Gasteiger partial charge is 0.497 e. The van der Waals surface area contributed by atoms with E-state index in [0.29, 0.717) is 28.3 Å². The topological polar surface area (TPSA) is 123 Å². The third-order valence-electron chi connectivity index (χ3n) is 4.68. The molecule has 3 N–H and O–H groups in total. The second-order valence-corrected chi connectivity index (χ2v) is 7.05. The van der Waals surface area contributed by atoms with Crippen LogP contribution in [0.4, 0.5) is 5.69 Å². The Hall–Kier alpha value is -3.75. The van der Waals surface area contributed by atoms with E-state index >= 15 is 0 Å². The van der Waals surface area contributed by atoms with Crippen LogP contribution in [-0.4, -0.2) is 29.9 Å². The van der Waals surface area contributed by atoms with Gasteiger partial charge in [-0.25, -0.2) is 0 Å². The van der Waals surface area contributed by atoms with Crippen LogP contribution in [0.2, 0.25) is 0 Å². The number of nitrogens with zero attached hydrogens (tertiary/aromatic N) is 3. The molecular weight excluding hydrogens is 370 g/mol. The number of nitrogens with one attached hydrogen (secondary N) is 2. The van der Waals surface area contributed by atoms with Gasteiger partial charge in [0.15, 0.2) is 0 Å². The Morgan fingerprint density at radius 2 is 1.93 bits per heavy atom. The molecule has 0 saturated heterocycles. The van der Waals surface area contributed by atoms with Crippen LogP contribution in [0.25, 0.3) is 0 Å². The van der Waals surface area contributed by atoms with Crippen LogP contribution in [0.15, 0.2) is 47.5 Å². The molecule has 1 aliphatic rings. The predicted molar refractivity (Wildman–Crippen MR) is 107 cm³/mol. The summed E-state index contributed by atoms with van der Waals surface area (Å²) in [7, 11) is 1.58. The van der Waals surface area contributed by atoms with E-state index in [1.54, 1.807) is 69.6 Å².